The van der Waals surface area contributed by atoms with Gasteiger partial charge in [-0.15, -0.1) is 11.3 Å². The molecule has 4 bridgehead atoms. The maximum Gasteiger partial charge on any atom is 0.242 e. The Kier molecular flexibility index (Phi) is 8.59. The van der Waals surface area contributed by atoms with E-state index in [0.717, 1.165) is 49.2 Å². The first kappa shape index (κ1) is 28.5. The van der Waals surface area contributed by atoms with Crippen molar-refractivity contribution in [2.24, 2.45) is 23.2 Å². The Morgan fingerprint density at radius 3 is 2.34 bits per heavy atom. The highest BCUT2D eigenvalue weighted by Crippen LogP contribution is 2.60. The van der Waals surface area contributed by atoms with Crippen molar-refractivity contribution in [1.29, 1.82) is 0 Å². The quantitative estimate of drug-likeness (QED) is 0.329. The Hall–Kier alpha value is -2.58. The smallest absolute Gasteiger partial charge is 0.242 e. The van der Waals surface area contributed by atoms with Crippen molar-refractivity contribution in [2.45, 2.75) is 70.4 Å². The molecule has 1 aromatic heterocycles. The molecule has 1 aliphatic heterocycles. The normalized spacial score (nSPS) is 28.0. The predicted octanol–water partition coefficient (Wildman–Crippen LogP) is 5.56. The molecule has 1 atom stereocenters. The molecule has 1 unspecified atom stereocenters. The number of ether oxygens (including phenoxy) is 3. The van der Waals surface area contributed by atoms with Crippen molar-refractivity contribution in [3.63, 3.8) is 0 Å². The number of carbonyl (C=O) groups is 2. The Bertz CT molecular complexity index is 1170. The van der Waals surface area contributed by atoms with Gasteiger partial charge < -0.3 is 24.0 Å². The number of methoxy groups -OCH3 is 2. The maximum atomic E-state index is 14.4. The Morgan fingerprint density at radius 1 is 1.00 bits per heavy atom. The lowest BCUT2D eigenvalue weighted by molar-refractivity contribution is -0.161. The Labute approximate surface area is 248 Å². The zero-order chi connectivity index (χ0) is 28.4. The molecular weight excluding hydrogens is 536 g/mol. The fourth-order valence-electron chi connectivity index (χ4n) is 8.41. The number of hydrogen-bond donors (Lipinski definition) is 0. The van der Waals surface area contributed by atoms with E-state index < -0.39 is 0 Å². The maximum absolute atomic E-state index is 14.4. The van der Waals surface area contributed by atoms with Gasteiger partial charge in [-0.1, -0.05) is 12.1 Å². The fourth-order valence-corrected chi connectivity index (χ4v) is 9.13. The molecule has 41 heavy (non-hydrogen) atoms. The highest BCUT2D eigenvalue weighted by Gasteiger charge is 2.56. The summed E-state index contributed by atoms with van der Waals surface area (Å²) < 4.78 is 16.9. The lowest BCUT2D eigenvalue weighted by Crippen LogP contribution is -2.57. The molecule has 2 aromatic rings. The second kappa shape index (κ2) is 12.3. The topological polar surface area (TPSA) is 68.3 Å². The summed E-state index contributed by atoms with van der Waals surface area (Å²) in [6, 6.07) is 10.0. The molecule has 5 aliphatic rings. The third kappa shape index (κ3) is 6.29. The van der Waals surface area contributed by atoms with Crippen LogP contribution in [-0.2, 0) is 27.3 Å². The molecule has 1 saturated heterocycles. The SMILES string of the molecule is COc1ccc(CCN(Cc2cccs2)C(=O)CN(CC2CCCO2)C(=O)C23CC4CC(CC(C4)C2)C3)cc1OC. The average Bonchev–Trinajstić information content (AvgIpc) is 3.68. The number of thiophene rings is 1. The molecule has 5 fully saturated rings. The van der Waals surface area contributed by atoms with E-state index in [0.29, 0.717) is 55.3 Å². The minimum atomic E-state index is -0.272. The van der Waals surface area contributed by atoms with Gasteiger partial charge in [0.15, 0.2) is 11.5 Å². The molecule has 1 aromatic carbocycles. The van der Waals surface area contributed by atoms with Crippen LogP contribution < -0.4 is 9.47 Å². The zero-order valence-electron chi connectivity index (χ0n) is 24.5. The lowest BCUT2D eigenvalue weighted by Gasteiger charge is -2.56. The van der Waals surface area contributed by atoms with Crippen molar-refractivity contribution < 1.29 is 23.8 Å². The predicted molar refractivity (Wildman–Crippen MR) is 159 cm³/mol. The van der Waals surface area contributed by atoms with Gasteiger partial charge in [0.25, 0.3) is 0 Å². The zero-order valence-corrected chi connectivity index (χ0v) is 25.3. The summed E-state index contributed by atoms with van der Waals surface area (Å²) in [7, 11) is 3.27. The van der Waals surface area contributed by atoms with Gasteiger partial charge in [0.05, 0.1) is 38.8 Å². The van der Waals surface area contributed by atoms with Crippen LogP contribution in [0.5, 0.6) is 11.5 Å². The third-order valence-electron chi connectivity index (χ3n) is 9.95. The molecule has 4 aliphatic carbocycles. The first-order chi connectivity index (χ1) is 19.9. The third-order valence-corrected chi connectivity index (χ3v) is 10.8. The number of rotatable bonds is 12. The van der Waals surface area contributed by atoms with Crippen LogP contribution >= 0.6 is 11.3 Å². The summed E-state index contributed by atoms with van der Waals surface area (Å²) in [4.78, 5) is 33.5. The molecule has 0 spiro atoms. The van der Waals surface area contributed by atoms with Crippen LogP contribution in [0.3, 0.4) is 0 Å². The number of amides is 2. The van der Waals surface area contributed by atoms with Gasteiger partial charge in [0.1, 0.15) is 0 Å². The van der Waals surface area contributed by atoms with Gasteiger partial charge in [-0.2, -0.15) is 0 Å². The average molecular weight is 581 g/mol. The molecule has 0 N–H and O–H groups in total. The van der Waals surface area contributed by atoms with Crippen molar-refractivity contribution in [3.8, 4) is 11.5 Å². The van der Waals surface area contributed by atoms with E-state index in [2.05, 4.69) is 6.07 Å². The van der Waals surface area contributed by atoms with Crippen molar-refractivity contribution in [3.05, 3.63) is 46.2 Å². The van der Waals surface area contributed by atoms with Crippen LogP contribution in [0.1, 0.15) is 61.8 Å². The van der Waals surface area contributed by atoms with E-state index in [4.69, 9.17) is 14.2 Å². The monoisotopic (exact) mass is 580 g/mol. The summed E-state index contributed by atoms with van der Waals surface area (Å²) in [5.41, 5.74) is 0.804. The van der Waals surface area contributed by atoms with Crippen molar-refractivity contribution >= 4 is 23.2 Å². The fraction of sp³-hybridized carbons (Fsp3) is 0.636. The van der Waals surface area contributed by atoms with Gasteiger partial charge in [-0.25, -0.2) is 0 Å². The van der Waals surface area contributed by atoms with Gasteiger partial charge >= 0.3 is 0 Å². The summed E-state index contributed by atoms with van der Waals surface area (Å²) in [6.07, 6.45) is 9.59. The molecule has 2 heterocycles. The first-order valence-electron chi connectivity index (χ1n) is 15.4. The molecule has 0 radical (unpaired) electrons. The van der Waals surface area contributed by atoms with Crippen LogP contribution in [0.15, 0.2) is 35.7 Å². The van der Waals surface area contributed by atoms with Gasteiger partial charge in [-0.05, 0) is 105 Å². The first-order valence-corrected chi connectivity index (χ1v) is 16.2. The van der Waals surface area contributed by atoms with Crippen LogP contribution in [-0.4, -0.2) is 68.2 Å². The number of carbonyl (C=O) groups excluding carboxylic acids is 2. The molecule has 4 saturated carbocycles. The standard InChI is InChI=1S/C33H44N2O5S/c1-38-29-8-7-23(16-30(29)39-2)9-10-34(21-28-6-4-12-41-28)31(36)22-35(20-27-5-3-11-40-27)32(37)33-17-24-13-25(18-33)15-26(14-24)19-33/h4,6-8,12,16,24-27H,3,5,9-11,13-15,17-22H2,1-2H3. The van der Waals surface area contributed by atoms with Crippen LogP contribution in [0.4, 0.5) is 0 Å². The minimum absolute atomic E-state index is 0.00921. The summed E-state index contributed by atoms with van der Waals surface area (Å²) in [6.45, 7) is 2.50. The highest BCUT2D eigenvalue weighted by molar-refractivity contribution is 7.09. The van der Waals surface area contributed by atoms with Gasteiger partial charge in [0, 0.05) is 24.6 Å². The van der Waals surface area contributed by atoms with Gasteiger partial charge in [0.2, 0.25) is 11.8 Å². The van der Waals surface area contributed by atoms with E-state index >= 15 is 0 Å². The summed E-state index contributed by atoms with van der Waals surface area (Å²) in [5, 5.41) is 2.05. The van der Waals surface area contributed by atoms with Gasteiger partial charge in [-0.3, -0.25) is 9.59 Å². The van der Waals surface area contributed by atoms with E-state index in [1.807, 2.05) is 39.4 Å². The molecule has 7 nitrogen and oxygen atoms in total. The molecule has 2 amide bonds. The van der Waals surface area contributed by atoms with E-state index in [1.54, 1.807) is 25.6 Å². The Morgan fingerprint density at radius 2 is 1.73 bits per heavy atom. The number of nitrogens with zero attached hydrogens (tertiary/aromatic N) is 2. The molecule has 222 valence electrons. The molecular formula is C33H44N2O5S. The van der Waals surface area contributed by atoms with E-state index in [9.17, 15) is 9.59 Å². The second-order valence-corrected chi connectivity index (χ2v) is 13.9. The van der Waals surface area contributed by atoms with E-state index in [1.165, 1.54) is 19.3 Å². The number of hydrogen-bond acceptors (Lipinski definition) is 6. The lowest BCUT2D eigenvalue weighted by atomic mass is 9.49. The minimum Gasteiger partial charge on any atom is -0.493 e. The van der Waals surface area contributed by atoms with Crippen molar-refractivity contribution in [1.82, 2.24) is 9.80 Å². The van der Waals surface area contributed by atoms with Crippen LogP contribution in [0.25, 0.3) is 0 Å². The molecule has 8 heteroatoms. The highest BCUT2D eigenvalue weighted by atomic mass is 32.1. The van der Waals surface area contributed by atoms with Crippen molar-refractivity contribution in [2.75, 3.05) is 40.5 Å². The largest absolute Gasteiger partial charge is 0.493 e. The molecule has 7 rings (SSSR count). The van der Waals surface area contributed by atoms with Crippen LogP contribution in [0, 0.1) is 23.2 Å². The van der Waals surface area contributed by atoms with Crippen LogP contribution in [0.2, 0.25) is 0 Å². The van der Waals surface area contributed by atoms with E-state index in [-0.39, 0.29) is 29.9 Å². The summed E-state index contributed by atoms with van der Waals surface area (Å²) in [5.74, 6) is 3.65. The second-order valence-electron chi connectivity index (χ2n) is 12.9. The Balaban J connectivity index is 1.20. The number of benzene rings is 1. The summed E-state index contributed by atoms with van der Waals surface area (Å²) >= 11 is 1.66.